The second kappa shape index (κ2) is 9.93. The summed E-state index contributed by atoms with van der Waals surface area (Å²) in [6.07, 6.45) is -1.05. The lowest BCUT2D eigenvalue weighted by atomic mass is 10.2. The highest BCUT2D eigenvalue weighted by atomic mass is 32.1. The minimum atomic E-state index is -1.04. The van der Waals surface area contributed by atoms with E-state index in [0.717, 1.165) is 23.5 Å². The Balaban J connectivity index is 1.47. The summed E-state index contributed by atoms with van der Waals surface area (Å²) in [6.45, 7) is 1.57. The molecule has 0 spiro atoms. The van der Waals surface area contributed by atoms with Gasteiger partial charge in [-0.2, -0.15) is 0 Å². The molecule has 2 aromatic carbocycles. The highest BCUT2D eigenvalue weighted by molar-refractivity contribution is 7.14. The third-order valence-electron chi connectivity index (χ3n) is 3.95. The number of para-hydroxylation sites is 1. The van der Waals surface area contributed by atoms with E-state index < -0.39 is 29.6 Å². The third kappa shape index (κ3) is 5.84. The lowest BCUT2D eigenvalue weighted by molar-refractivity contribution is -0.153. The van der Waals surface area contributed by atoms with Crippen LogP contribution < -0.4 is 10.1 Å². The number of benzene rings is 2. The minimum absolute atomic E-state index is 0.00988. The molecule has 1 amide bonds. The summed E-state index contributed by atoms with van der Waals surface area (Å²) >= 11 is 1.11. The zero-order valence-electron chi connectivity index (χ0n) is 15.9. The lowest BCUT2D eigenvalue weighted by Gasteiger charge is -2.12. The molecule has 156 valence electrons. The van der Waals surface area contributed by atoms with Crippen molar-refractivity contribution in [3.05, 3.63) is 65.5 Å². The second-order valence-electron chi connectivity index (χ2n) is 6.20. The average Bonchev–Trinajstić information content (AvgIpc) is 3.19. The molecular weight excluding hydrogens is 414 g/mol. The fourth-order valence-corrected chi connectivity index (χ4v) is 3.13. The number of halogens is 2. The van der Waals surface area contributed by atoms with Crippen LogP contribution in [-0.2, 0) is 14.3 Å². The van der Waals surface area contributed by atoms with E-state index in [-0.39, 0.29) is 18.2 Å². The minimum Gasteiger partial charge on any atom is -0.493 e. The number of thiazole rings is 1. The number of carbonyl (C=O) groups is 2. The van der Waals surface area contributed by atoms with Crippen molar-refractivity contribution in [2.45, 2.75) is 19.4 Å². The van der Waals surface area contributed by atoms with Gasteiger partial charge in [-0.15, -0.1) is 11.3 Å². The Bertz CT molecular complexity index is 1030. The Morgan fingerprint density at radius 1 is 1.13 bits per heavy atom. The molecule has 0 aliphatic rings. The van der Waals surface area contributed by atoms with E-state index in [1.807, 2.05) is 18.2 Å². The molecule has 0 saturated heterocycles. The molecule has 0 fully saturated rings. The van der Waals surface area contributed by atoms with E-state index in [9.17, 15) is 18.4 Å². The Labute approximate surface area is 175 Å². The standard InChI is InChI=1S/C21H18F2N2O4S/c1-13(29-19(26)9-10-28-15-5-3-2-4-6-15)20(27)25-21-24-18(12-30-21)14-7-8-16(22)17(23)11-14/h2-8,11-13H,9-10H2,1H3,(H,24,25,27)/t13-/m1/s1. The average molecular weight is 432 g/mol. The SMILES string of the molecule is C[C@@H](OC(=O)CCOc1ccccc1)C(=O)Nc1nc(-c2ccc(F)c(F)c2)cs1. The maximum absolute atomic E-state index is 13.4. The van der Waals surface area contributed by atoms with Crippen molar-refractivity contribution in [2.24, 2.45) is 0 Å². The summed E-state index contributed by atoms with van der Waals surface area (Å²) in [5.74, 6) is -2.43. The first-order valence-corrected chi connectivity index (χ1v) is 9.89. The number of rotatable bonds is 8. The van der Waals surface area contributed by atoms with Gasteiger partial charge in [-0.3, -0.25) is 14.9 Å². The predicted molar refractivity (Wildman–Crippen MR) is 108 cm³/mol. The molecule has 1 N–H and O–H groups in total. The first kappa shape index (κ1) is 21.4. The number of carbonyl (C=O) groups excluding carboxylic acids is 2. The highest BCUT2D eigenvalue weighted by Crippen LogP contribution is 2.26. The third-order valence-corrected chi connectivity index (χ3v) is 4.70. The fraction of sp³-hybridized carbons (Fsp3) is 0.190. The van der Waals surface area contributed by atoms with Crippen LogP contribution in [0.3, 0.4) is 0 Å². The quantitative estimate of drug-likeness (QED) is 0.533. The van der Waals surface area contributed by atoms with Crippen LogP contribution in [0.15, 0.2) is 53.9 Å². The van der Waals surface area contributed by atoms with E-state index in [1.165, 1.54) is 13.0 Å². The van der Waals surface area contributed by atoms with Crippen LogP contribution in [-0.4, -0.2) is 29.6 Å². The number of hydrogen-bond donors (Lipinski definition) is 1. The van der Waals surface area contributed by atoms with Crippen molar-refractivity contribution in [1.82, 2.24) is 4.98 Å². The molecule has 9 heteroatoms. The molecule has 0 radical (unpaired) electrons. The summed E-state index contributed by atoms with van der Waals surface area (Å²) in [4.78, 5) is 28.3. The van der Waals surface area contributed by atoms with Crippen LogP contribution in [0.5, 0.6) is 5.75 Å². The Hall–Kier alpha value is -3.33. The van der Waals surface area contributed by atoms with Crippen molar-refractivity contribution in [2.75, 3.05) is 11.9 Å². The normalized spacial score (nSPS) is 11.6. The van der Waals surface area contributed by atoms with Crippen LogP contribution in [0.25, 0.3) is 11.3 Å². The monoisotopic (exact) mass is 432 g/mol. The van der Waals surface area contributed by atoms with Crippen molar-refractivity contribution in [3.8, 4) is 17.0 Å². The van der Waals surface area contributed by atoms with Crippen LogP contribution in [0.4, 0.5) is 13.9 Å². The molecule has 0 saturated carbocycles. The maximum Gasteiger partial charge on any atom is 0.310 e. The van der Waals surface area contributed by atoms with E-state index in [4.69, 9.17) is 9.47 Å². The summed E-state index contributed by atoms with van der Waals surface area (Å²) in [5, 5.41) is 4.38. The number of aromatic nitrogens is 1. The number of anilines is 1. The van der Waals surface area contributed by atoms with Gasteiger partial charge in [-0.1, -0.05) is 18.2 Å². The summed E-state index contributed by atoms with van der Waals surface area (Å²) < 4.78 is 36.9. The maximum atomic E-state index is 13.4. The molecule has 30 heavy (non-hydrogen) atoms. The number of nitrogens with zero attached hydrogens (tertiary/aromatic N) is 1. The molecular formula is C21H18F2N2O4S. The van der Waals surface area contributed by atoms with Gasteiger partial charge in [0, 0.05) is 10.9 Å². The van der Waals surface area contributed by atoms with E-state index in [2.05, 4.69) is 10.3 Å². The molecule has 3 aromatic rings. The van der Waals surface area contributed by atoms with Crippen molar-refractivity contribution in [1.29, 1.82) is 0 Å². The highest BCUT2D eigenvalue weighted by Gasteiger charge is 2.19. The van der Waals surface area contributed by atoms with Gasteiger partial charge in [0.1, 0.15) is 5.75 Å². The van der Waals surface area contributed by atoms with Crippen molar-refractivity contribution >= 4 is 28.3 Å². The van der Waals surface area contributed by atoms with Gasteiger partial charge in [0.2, 0.25) is 0 Å². The van der Waals surface area contributed by atoms with Gasteiger partial charge >= 0.3 is 5.97 Å². The molecule has 1 heterocycles. The number of ether oxygens (including phenoxy) is 2. The number of amides is 1. The molecule has 0 aliphatic carbocycles. The predicted octanol–water partition coefficient (Wildman–Crippen LogP) is 4.43. The van der Waals surface area contributed by atoms with Crippen LogP contribution in [0.2, 0.25) is 0 Å². The molecule has 3 rings (SSSR count). The zero-order chi connectivity index (χ0) is 21.5. The van der Waals surface area contributed by atoms with Crippen molar-refractivity contribution < 1.29 is 27.8 Å². The Kier molecular flexibility index (Phi) is 7.08. The van der Waals surface area contributed by atoms with E-state index in [1.54, 1.807) is 17.5 Å². The summed E-state index contributed by atoms with van der Waals surface area (Å²) in [6, 6.07) is 12.4. The van der Waals surface area contributed by atoms with Gasteiger partial charge < -0.3 is 9.47 Å². The molecule has 0 bridgehead atoms. The van der Waals surface area contributed by atoms with Crippen LogP contribution in [0.1, 0.15) is 13.3 Å². The molecule has 6 nitrogen and oxygen atoms in total. The lowest BCUT2D eigenvalue weighted by Crippen LogP contribution is -2.30. The first-order valence-electron chi connectivity index (χ1n) is 9.01. The van der Waals surface area contributed by atoms with Crippen molar-refractivity contribution in [3.63, 3.8) is 0 Å². The van der Waals surface area contributed by atoms with Gasteiger partial charge in [-0.05, 0) is 37.3 Å². The number of nitrogens with one attached hydrogen (secondary N) is 1. The van der Waals surface area contributed by atoms with Gasteiger partial charge in [0.25, 0.3) is 5.91 Å². The largest absolute Gasteiger partial charge is 0.493 e. The zero-order valence-corrected chi connectivity index (χ0v) is 16.7. The second-order valence-corrected chi connectivity index (χ2v) is 7.06. The van der Waals surface area contributed by atoms with Gasteiger partial charge in [-0.25, -0.2) is 13.8 Å². The molecule has 1 atom stereocenters. The smallest absolute Gasteiger partial charge is 0.310 e. The number of esters is 1. The molecule has 0 aliphatic heterocycles. The Morgan fingerprint density at radius 3 is 2.63 bits per heavy atom. The van der Waals surface area contributed by atoms with Gasteiger partial charge in [0.05, 0.1) is 18.7 Å². The molecule has 1 aromatic heterocycles. The van der Waals surface area contributed by atoms with Gasteiger partial charge in [0.15, 0.2) is 22.9 Å². The number of hydrogen-bond acceptors (Lipinski definition) is 6. The van der Waals surface area contributed by atoms with E-state index in [0.29, 0.717) is 17.0 Å². The fourth-order valence-electron chi connectivity index (χ4n) is 2.40. The van der Waals surface area contributed by atoms with Crippen LogP contribution in [0, 0.1) is 11.6 Å². The molecule has 0 unspecified atom stereocenters. The van der Waals surface area contributed by atoms with E-state index >= 15 is 0 Å². The Morgan fingerprint density at radius 2 is 1.90 bits per heavy atom. The first-order chi connectivity index (χ1) is 14.4. The summed E-state index contributed by atoms with van der Waals surface area (Å²) in [5.41, 5.74) is 0.764. The van der Waals surface area contributed by atoms with Crippen LogP contribution >= 0.6 is 11.3 Å². The topological polar surface area (TPSA) is 77.5 Å². The summed E-state index contributed by atoms with van der Waals surface area (Å²) in [7, 11) is 0.